The summed E-state index contributed by atoms with van der Waals surface area (Å²) in [6, 6.07) is 45.5. The zero-order valence-electron chi connectivity index (χ0n) is 27.1. The molecule has 0 amide bonds. The highest BCUT2D eigenvalue weighted by molar-refractivity contribution is 6.22. The van der Waals surface area contributed by atoms with Crippen molar-refractivity contribution in [2.24, 2.45) is 0 Å². The summed E-state index contributed by atoms with van der Waals surface area (Å²) >= 11 is 0. The van der Waals surface area contributed by atoms with Crippen LogP contribution in [-0.2, 0) is 0 Å². The summed E-state index contributed by atoms with van der Waals surface area (Å²) in [5.74, 6) is 0. The summed E-state index contributed by atoms with van der Waals surface area (Å²) < 4.78 is 40.0. The van der Waals surface area contributed by atoms with Crippen molar-refractivity contribution in [2.45, 2.75) is 0 Å². The minimum atomic E-state index is -0.243. The van der Waals surface area contributed by atoms with Gasteiger partial charge in [-0.05, 0) is 66.2 Å². The van der Waals surface area contributed by atoms with Crippen LogP contribution in [0, 0.1) is 0 Å². The number of hydrogen-bond acceptors (Lipinski definition) is 1. The monoisotopic (exact) mass is 550 g/mol. The van der Waals surface area contributed by atoms with Gasteiger partial charge in [0.1, 0.15) is 11.2 Å². The Balaban J connectivity index is 1.24. The van der Waals surface area contributed by atoms with Gasteiger partial charge >= 0.3 is 0 Å². The lowest BCUT2D eigenvalue weighted by atomic mass is 9.85. The second-order valence-electron chi connectivity index (χ2n) is 10.9. The van der Waals surface area contributed by atoms with Crippen molar-refractivity contribution >= 4 is 54.3 Å². The average molecular weight is 551 g/mol. The summed E-state index contributed by atoms with van der Waals surface area (Å²) in [6.45, 7) is 0. The predicted octanol–water partition coefficient (Wildman–Crippen LogP) is 12.0. The molecule has 8 aromatic carbocycles. The summed E-state index contributed by atoms with van der Waals surface area (Å²) in [5, 5.41) is 7.34. The lowest BCUT2D eigenvalue weighted by molar-refractivity contribution is 0.670. The van der Waals surface area contributed by atoms with Crippen LogP contribution in [-0.4, -0.2) is 0 Å². The second-order valence-corrected chi connectivity index (χ2v) is 10.9. The largest absolute Gasteiger partial charge is 0.455 e. The maximum absolute atomic E-state index is 8.69. The number of rotatable bonds is 3. The van der Waals surface area contributed by atoms with Crippen molar-refractivity contribution in [3.05, 3.63) is 158 Å². The Morgan fingerprint density at radius 3 is 1.65 bits per heavy atom. The molecule has 0 aliphatic heterocycles. The Hall–Kier alpha value is -5.66. The van der Waals surface area contributed by atoms with E-state index in [9.17, 15) is 0 Å². The van der Waals surface area contributed by atoms with E-state index in [0.29, 0.717) is 27.3 Å². The summed E-state index contributed by atoms with van der Waals surface area (Å²) in [6.07, 6.45) is 0. The molecule has 0 unspecified atom stereocenters. The van der Waals surface area contributed by atoms with E-state index in [1.165, 1.54) is 38.2 Å². The van der Waals surface area contributed by atoms with Crippen molar-refractivity contribution < 1.29 is 9.90 Å². The molecule has 0 saturated heterocycles. The summed E-state index contributed by atoms with van der Waals surface area (Å²) in [5.41, 5.74) is 7.98. The van der Waals surface area contributed by atoms with Crippen LogP contribution in [0.25, 0.3) is 87.6 Å². The maximum atomic E-state index is 8.69. The third-order valence-electron chi connectivity index (χ3n) is 8.59. The van der Waals surface area contributed by atoms with Gasteiger partial charge in [-0.3, -0.25) is 0 Å². The molecule has 43 heavy (non-hydrogen) atoms. The van der Waals surface area contributed by atoms with E-state index in [-0.39, 0.29) is 24.2 Å². The first kappa shape index (κ1) is 20.3. The van der Waals surface area contributed by atoms with Crippen LogP contribution in [0.2, 0.25) is 0 Å². The molecule has 1 aromatic heterocycles. The Bertz CT molecular complexity index is 2650. The first-order valence-corrected chi connectivity index (χ1v) is 14.4. The third kappa shape index (κ3) is 3.65. The zero-order valence-corrected chi connectivity index (χ0v) is 23.1. The molecule has 9 aromatic rings. The van der Waals surface area contributed by atoms with E-state index < -0.39 is 0 Å². The van der Waals surface area contributed by atoms with E-state index in [2.05, 4.69) is 103 Å². The number of fused-ring (bicyclic) bond motifs is 7. The van der Waals surface area contributed by atoms with Crippen LogP contribution in [0.4, 0.5) is 0 Å². The molecular weight excluding hydrogens is 520 g/mol. The molecule has 0 aliphatic carbocycles. The van der Waals surface area contributed by atoms with E-state index in [1.54, 1.807) is 12.1 Å². The predicted molar refractivity (Wildman–Crippen MR) is 183 cm³/mol. The normalized spacial score (nSPS) is 13.0. The SMILES string of the molecule is [2H]c1c([2H])c([2H])c2c(ccc3oc4c(-c5ccc(-c6c7ccccc7c(-c7ccccc7)c7ccccc67)cc5)cccc4c32)c1[2H]. The van der Waals surface area contributed by atoms with E-state index in [0.717, 1.165) is 22.1 Å². The third-order valence-corrected chi connectivity index (χ3v) is 8.59. The summed E-state index contributed by atoms with van der Waals surface area (Å²) in [7, 11) is 0. The highest BCUT2D eigenvalue weighted by Gasteiger charge is 2.18. The topological polar surface area (TPSA) is 13.1 Å². The zero-order chi connectivity index (χ0) is 31.8. The molecule has 1 heterocycles. The van der Waals surface area contributed by atoms with Crippen LogP contribution in [0.3, 0.4) is 0 Å². The molecule has 200 valence electrons. The molecule has 0 fully saturated rings. The minimum Gasteiger partial charge on any atom is -0.455 e. The lowest BCUT2D eigenvalue weighted by Crippen LogP contribution is -1.90. The highest BCUT2D eigenvalue weighted by atomic mass is 16.3. The fourth-order valence-electron chi connectivity index (χ4n) is 6.72. The van der Waals surface area contributed by atoms with E-state index in [4.69, 9.17) is 9.90 Å². The number of para-hydroxylation sites is 1. The molecule has 0 N–H and O–H groups in total. The van der Waals surface area contributed by atoms with E-state index >= 15 is 0 Å². The van der Waals surface area contributed by atoms with Gasteiger partial charge in [0.15, 0.2) is 0 Å². The number of hydrogen-bond donors (Lipinski definition) is 0. The van der Waals surface area contributed by atoms with Crippen molar-refractivity contribution in [2.75, 3.05) is 0 Å². The van der Waals surface area contributed by atoms with Gasteiger partial charge in [-0.1, -0.05) is 152 Å². The molecule has 0 atom stereocenters. The Labute approximate surface area is 254 Å². The molecule has 1 heteroatoms. The van der Waals surface area contributed by atoms with Gasteiger partial charge < -0.3 is 4.42 Å². The van der Waals surface area contributed by atoms with Crippen molar-refractivity contribution in [3.63, 3.8) is 0 Å². The smallest absolute Gasteiger partial charge is 0.143 e. The van der Waals surface area contributed by atoms with Gasteiger partial charge in [0.25, 0.3) is 0 Å². The molecule has 0 saturated carbocycles. The standard InChI is InChI=1S/C42H26O/c1-2-12-29(13-3-1)39-33-15-6-8-17-35(33)40(36-18-9-7-16-34(36)39)30-23-21-28(22-24-30)32-19-10-20-37-41-31-14-5-4-11-27(31)25-26-38(41)43-42(32)37/h1-26H/i4D,5D,11D,14D. The average Bonchev–Trinajstić information content (AvgIpc) is 3.51. The number of benzene rings is 8. The van der Waals surface area contributed by atoms with Crippen molar-refractivity contribution in [3.8, 4) is 33.4 Å². The van der Waals surface area contributed by atoms with Crippen LogP contribution < -0.4 is 0 Å². The van der Waals surface area contributed by atoms with Gasteiger partial charge in [0, 0.05) is 16.3 Å². The van der Waals surface area contributed by atoms with Crippen LogP contribution in [0.15, 0.2) is 162 Å². The number of furan rings is 1. The molecule has 9 rings (SSSR count). The molecule has 0 aliphatic rings. The van der Waals surface area contributed by atoms with E-state index in [1.807, 2.05) is 18.2 Å². The quantitative estimate of drug-likeness (QED) is 0.199. The van der Waals surface area contributed by atoms with Gasteiger partial charge in [-0.15, -0.1) is 0 Å². The maximum Gasteiger partial charge on any atom is 0.143 e. The van der Waals surface area contributed by atoms with Gasteiger partial charge in [-0.25, -0.2) is 0 Å². The lowest BCUT2D eigenvalue weighted by Gasteiger charge is -2.18. The Kier molecular flexibility index (Phi) is 4.45. The minimum absolute atomic E-state index is 0.0409. The molecular formula is C42H26O. The second kappa shape index (κ2) is 9.44. The molecule has 0 spiro atoms. The van der Waals surface area contributed by atoms with Gasteiger partial charge in [0.2, 0.25) is 0 Å². The molecule has 1 nitrogen and oxygen atoms in total. The van der Waals surface area contributed by atoms with Gasteiger partial charge in [0.05, 0.1) is 5.48 Å². The first-order valence-electron chi connectivity index (χ1n) is 16.4. The van der Waals surface area contributed by atoms with Crippen LogP contribution in [0.1, 0.15) is 5.48 Å². The van der Waals surface area contributed by atoms with Gasteiger partial charge in [-0.2, -0.15) is 0 Å². The fraction of sp³-hybridized carbons (Fsp3) is 0. The van der Waals surface area contributed by atoms with Crippen molar-refractivity contribution in [1.29, 1.82) is 0 Å². The molecule has 0 radical (unpaired) electrons. The highest BCUT2D eigenvalue weighted by Crippen LogP contribution is 2.44. The Morgan fingerprint density at radius 2 is 0.977 bits per heavy atom. The summed E-state index contributed by atoms with van der Waals surface area (Å²) in [4.78, 5) is 0. The first-order chi connectivity index (χ1) is 23.0. The van der Waals surface area contributed by atoms with Crippen LogP contribution >= 0.6 is 0 Å². The van der Waals surface area contributed by atoms with Crippen LogP contribution in [0.5, 0.6) is 0 Å². The molecule has 0 bridgehead atoms. The fourth-order valence-corrected chi connectivity index (χ4v) is 6.72. The Morgan fingerprint density at radius 1 is 0.419 bits per heavy atom. The van der Waals surface area contributed by atoms with Crippen molar-refractivity contribution in [1.82, 2.24) is 0 Å².